The van der Waals surface area contributed by atoms with Gasteiger partial charge in [-0.25, -0.2) is 0 Å². The van der Waals surface area contributed by atoms with Gasteiger partial charge in [-0.05, 0) is 54.7 Å². The SMILES string of the molecule is CCCCCCc1ccc(-c2ccc(CC[C@H]3CC[C@H](CCCC)CC3)cn2)cc1. The minimum atomic E-state index is 0.937. The maximum Gasteiger partial charge on any atom is 0.0702 e. The minimum absolute atomic E-state index is 0.937. The molecule has 2 aromatic rings. The highest BCUT2D eigenvalue weighted by atomic mass is 14.7. The van der Waals surface area contributed by atoms with E-state index in [0.717, 1.165) is 17.5 Å². The second-order valence-electron chi connectivity index (χ2n) is 9.63. The van der Waals surface area contributed by atoms with Crippen molar-refractivity contribution < 1.29 is 0 Å². The molecular weight excluding hydrogens is 362 g/mol. The molecule has 0 spiro atoms. The molecule has 0 N–H and O–H groups in total. The Morgan fingerprint density at radius 2 is 1.33 bits per heavy atom. The molecule has 0 amide bonds. The smallest absolute Gasteiger partial charge is 0.0702 e. The molecule has 0 saturated heterocycles. The maximum atomic E-state index is 4.77. The van der Waals surface area contributed by atoms with E-state index in [0.29, 0.717) is 0 Å². The molecule has 1 aliphatic carbocycles. The second kappa shape index (κ2) is 12.9. The lowest BCUT2D eigenvalue weighted by atomic mass is 9.78. The van der Waals surface area contributed by atoms with Crippen LogP contribution in [0.4, 0.5) is 0 Å². The van der Waals surface area contributed by atoms with Gasteiger partial charge in [0.15, 0.2) is 0 Å². The lowest BCUT2D eigenvalue weighted by Crippen LogP contribution is -2.15. The predicted octanol–water partition coefficient (Wildman–Crippen LogP) is 8.80. The van der Waals surface area contributed by atoms with Crippen LogP contribution in [0.1, 0.15) is 102 Å². The van der Waals surface area contributed by atoms with Crippen molar-refractivity contribution in [2.24, 2.45) is 11.8 Å². The van der Waals surface area contributed by atoms with Crippen LogP contribution >= 0.6 is 0 Å². The molecule has 1 heteroatoms. The van der Waals surface area contributed by atoms with Crippen LogP contribution in [0.15, 0.2) is 42.6 Å². The van der Waals surface area contributed by atoms with E-state index in [1.165, 1.54) is 107 Å². The van der Waals surface area contributed by atoms with Crippen molar-refractivity contribution in [3.8, 4) is 11.3 Å². The molecule has 1 heterocycles. The Bertz CT molecular complexity index is 692. The monoisotopic (exact) mass is 405 g/mol. The van der Waals surface area contributed by atoms with E-state index < -0.39 is 0 Å². The van der Waals surface area contributed by atoms with Gasteiger partial charge in [0.1, 0.15) is 0 Å². The average Bonchev–Trinajstić information content (AvgIpc) is 2.81. The van der Waals surface area contributed by atoms with Crippen LogP contribution in [0.3, 0.4) is 0 Å². The van der Waals surface area contributed by atoms with E-state index >= 15 is 0 Å². The Kier molecular flexibility index (Phi) is 9.93. The Morgan fingerprint density at radius 3 is 1.97 bits per heavy atom. The number of benzene rings is 1. The van der Waals surface area contributed by atoms with Crippen LogP contribution < -0.4 is 0 Å². The number of hydrogen-bond donors (Lipinski definition) is 0. The molecule has 164 valence electrons. The highest BCUT2D eigenvalue weighted by molar-refractivity contribution is 5.59. The van der Waals surface area contributed by atoms with Crippen molar-refractivity contribution in [1.82, 2.24) is 4.98 Å². The maximum absolute atomic E-state index is 4.77. The summed E-state index contributed by atoms with van der Waals surface area (Å²) in [6.45, 7) is 4.59. The first-order chi connectivity index (χ1) is 14.8. The first kappa shape index (κ1) is 23.0. The molecule has 1 saturated carbocycles. The third kappa shape index (κ3) is 7.56. The van der Waals surface area contributed by atoms with Gasteiger partial charge in [0, 0.05) is 11.8 Å². The summed E-state index contributed by atoms with van der Waals surface area (Å²) in [6.07, 6.45) is 21.2. The molecule has 1 aliphatic rings. The highest BCUT2D eigenvalue weighted by Crippen LogP contribution is 2.34. The molecule has 0 radical (unpaired) electrons. The molecule has 0 atom stereocenters. The standard InChI is InChI=1S/C29H43N/c1-3-5-7-8-10-25-17-20-28(21-18-25)29-22-19-27(23-30-29)16-15-26-13-11-24(12-14-26)9-6-4-2/h17-24,26H,3-16H2,1-2H3/t24-,26-. The van der Waals surface area contributed by atoms with E-state index in [2.05, 4.69) is 56.4 Å². The van der Waals surface area contributed by atoms with Gasteiger partial charge in [0.2, 0.25) is 0 Å². The number of aryl methyl sites for hydroxylation is 2. The van der Waals surface area contributed by atoms with Crippen molar-refractivity contribution in [1.29, 1.82) is 0 Å². The molecule has 1 fully saturated rings. The van der Waals surface area contributed by atoms with Crippen molar-refractivity contribution >= 4 is 0 Å². The first-order valence-corrected chi connectivity index (χ1v) is 12.8. The van der Waals surface area contributed by atoms with Gasteiger partial charge in [-0.2, -0.15) is 0 Å². The minimum Gasteiger partial charge on any atom is -0.256 e. The molecule has 0 unspecified atom stereocenters. The summed E-state index contributed by atoms with van der Waals surface area (Å²) < 4.78 is 0. The van der Waals surface area contributed by atoms with Gasteiger partial charge in [0.25, 0.3) is 0 Å². The Balaban J connectivity index is 1.41. The van der Waals surface area contributed by atoms with Crippen molar-refractivity contribution in [2.45, 2.75) is 104 Å². The lowest BCUT2D eigenvalue weighted by Gasteiger charge is -2.28. The Morgan fingerprint density at radius 1 is 0.667 bits per heavy atom. The zero-order chi connectivity index (χ0) is 21.0. The molecule has 1 aromatic carbocycles. The normalized spacial score (nSPS) is 19.1. The number of rotatable bonds is 12. The fraction of sp³-hybridized carbons (Fsp3) is 0.621. The van der Waals surface area contributed by atoms with Crippen LogP contribution in [0.5, 0.6) is 0 Å². The number of nitrogens with zero attached hydrogens (tertiary/aromatic N) is 1. The van der Waals surface area contributed by atoms with Gasteiger partial charge in [-0.1, -0.05) is 108 Å². The Labute approximate surface area is 185 Å². The first-order valence-electron chi connectivity index (χ1n) is 12.8. The van der Waals surface area contributed by atoms with Crippen molar-refractivity contribution in [3.63, 3.8) is 0 Å². The summed E-state index contributed by atoms with van der Waals surface area (Å²) in [6, 6.07) is 13.6. The van der Waals surface area contributed by atoms with Gasteiger partial charge in [-0.15, -0.1) is 0 Å². The van der Waals surface area contributed by atoms with E-state index in [1.54, 1.807) is 0 Å². The van der Waals surface area contributed by atoms with Gasteiger partial charge >= 0.3 is 0 Å². The van der Waals surface area contributed by atoms with Gasteiger partial charge < -0.3 is 0 Å². The zero-order valence-electron chi connectivity index (χ0n) is 19.5. The molecule has 0 aliphatic heterocycles. The van der Waals surface area contributed by atoms with Crippen LogP contribution in [-0.4, -0.2) is 4.98 Å². The topological polar surface area (TPSA) is 12.9 Å². The average molecular weight is 406 g/mol. The quantitative estimate of drug-likeness (QED) is 0.321. The zero-order valence-corrected chi connectivity index (χ0v) is 19.5. The van der Waals surface area contributed by atoms with E-state index in [9.17, 15) is 0 Å². The van der Waals surface area contributed by atoms with Crippen LogP contribution in [0, 0.1) is 11.8 Å². The van der Waals surface area contributed by atoms with Crippen LogP contribution in [0.25, 0.3) is 11.3 Å². The summed E-state index contributed by atoms with van der Waals surface area (Å²) in [7, 11) is 0. The summed E-state index contributed by atoms with van der Waals surface area (Å²) in [4.78, 5) is 4.77. The van der Waals surface area contributed by atoms with Gasteiger partial charge in [-0.3, -0.25) is 4.98 Å². The molecule has 0 bridgehead atoms. The molecule has 1 nitrogen and oxygen atoms in total. The summed E-state index contributed by atoms with van der Waals surface area (Å²) >= 11 is 0. The van der Waals surface area contributed by atoms with E-state index in [1.807, 2.05) is 0 Å². The predicted molar refractivity (Wildman–Crippen MR) is 131 cm³/mol. The molecule has 1 aromatic heterocycles. The third-order valence-corrected chi connectivity index (χ3v) is 7.17. The lowest BCUT2D eigenvalue weighted by molar-refractivity contribution is 0.250. The summed E-state index contributed by atoms with van der Waals surface area (Å²) in [5.41, 5.74) is 5.20. The molecular formula is C29H43N. The van der Waals surface area contributed by atoms with Crippen molar-refractivity contribution in [3.05, 3.63) is 53.7 Å². The fourth-order valence-electron chi connectivity index (χ4n) is 5.01. The van der Waals surface area contributed by atoms with E-state index in [-0.39, 0.29) is 0 Å². The fourth-order valence-corrected chi connectivity index (χ4v) is 5.01. The highest BCUT2D eigenvalue weighted by Gasteiger charge is 2.20. The number of hydrogen-bond acceptors (Lipinski definition) is 1. The molecule has 30 heavy (non-hydrogen) atoms. The number of aromatic nitrogens is 1. The second-order valence-corrected chi connectivity index (χ2v) is 9.63. The summed E-state index contributed by atoms with van der Waals surface area (Å²) in [5.74, 6) is 1.96. The molecule has 3 rings (SSSR count). The number of pyridine rings is 1. The Hall–Kier alpha value is -1.63. The van der Waals surface area contributed by atoms with Crippen LogP contribution in [-0.2, 0) is 12.8 Å². The van der Waals surface area contributed by atoms with Gasteiger partial charge in [0.05, 0.1) is 5.69 Å². The largest absolute Gasteiger partial charge is 0.256 e. The third-order valence-electron chi connectivity index (χ3n) is 7.17. The van der Waals surface area contributed by atoms with Crippen LogP contribution in [0.2, 0.25) is 0 Å². The summed E-state index contributed by atoms with van der Waals surface area (Å²) in [5, 5.41) is 0. The van der Waals surface area contributed by atoms with Crippen molar-refractivity contribution in [2.75, 3.05) is 0 Å². The number of unbranched alkanes of at least 4 members (excludes halogenated alkanes) is 4. The van der Waals surface area contributed by atoms with E-state index in [4.69, 9.17) is 4.98 Å².